The van der Waals surface area contributed by atoms with Gasteiger partial charge in [-0.3, -0.25) is 19.7 Å². The van der Waals surface area contributed by atoms with E-state index in [0.717, 1.165) is 17.7 Å². The van der Waals surface area contributed by atoms with Gasteiger partial charge in [0.25, 0.3) is 11.6 Å². The van der Waals surface area contributed by atoms with Crippen LogP contribution in [0.4, 0.5) is 11.4 Å². The molecule has 11 nitrogen and oxygen atoms in total. The van der Waals surface area contributed by atoms with Crippen LogP contribution in [0.2, 0.25) is 0 Å². The third kappa shape index (κ3) is 6.49. The molecule has 0 radical (unpaired) electrons. The van der Waals surface area contributed by atoms with Crippen LogP contribution < -0.4 is 15.8 Å². The largest absolute Gasteiger partial charge is 0.379 e. The highest BCUT2D eigenvalue weighted by atomic mass is 32.2. The highest BCUT2D eigenvalue weighted by Gasteiger charge is 2.19. The molecule has 2 amide bonds. The smallest absolute Gasteiger partial charge is 0.293 e. The number of sulfonamides is 1. The molecule has 0 aliphatic heterocycles. The first kappa shape index (κ1) is 23.8. The number of anilines is 1. The van der Waals surface area contributed by atoms with E-state index in [0.29, 0.717) is 12.1 Å². The van der Waals surface area contributed by atoms with E-state index < -0.39 is 20.6 Å². The van der Waals surface area contributed by atoms with Crippen LogP contribution in [0.5, 0.6) is 0 Å². The molecule has 0 aromatic heterocycles. The molecule has 0 fully saturated rings. The number of nitro groups is 1. The van der Waals surface area contributed by atoms with Crippen LogP contribution in [0.1, 0.15) is 22.3 Å². The summed E-state index contributed by atoms with van der Waals surface area (Å²) in [4.78, 5) is 35.5. The molecule has 0 atom stereocenters. The molecule has 0 aliphatic carbocycles. The fraction of sp³-hybridized carbons (Fsp3) is 0.263. The maximum Gasteiger partial charge on any atom is 0.293 e. The molecule has 4 N–H and O–H groups in total. The van der Waals surface area contributed by atoms with Gasteiger partial charge in [0.15, 0.2) is 0 Å². The van der Waals surface area contributed by atoms with Gasteiger partial charge in [-0.05, 0) is 29.8 Å². The average molecular weight is 449 g/mol. The monoisotopic (exact) mass is 449 g/mol. The number of nitro benzene ring substituents is 1. The third-order valence-electron chi connectivity index (χ3n) is 4.44. The van der Waals surface area contributed by atoms with Crippen LogP contribution >= 0.6 is 0 Å². The van der Waals surface area contributed by atoms with E-state index in [-0.39, 0.29) is 35.4 Å². The van der Waals surface area contributed by atoms with E-state index in [2.05, 4.69) is 10.6 Å². The minimum absolute atomic E-state index is 0.0565. The number of benzene rings is 2. The molecule has 0 aliphatic rings. The maximum absolute atomic E-state index is 12.4. The highest BCUT2D eigenvalue weighted by molar-refractivity contribution is 7.89. The number of nitrogens with two attached hydrogens (primary N) is 1. The molecule has 0 heterocycles. The SMILES string of the molecule is CNC(=O)c1ccc(CN(C)C(=O)CCNc2ccc(S(N)(=O)=O)cc2[N+](=O)[O-])cc1. The molecule has 31 heavy (non-hydrogen) atoms. The van der Waals surface area contributed by atoms with Gasteiger partial charge >= 0.3 is 0 Å². The summed E-state index contributed by atoms with van der Waals surface area (Å²) >= 11 is 0. The topological polar surface area (TPSA) is 165 Å². The van der Waals surface area contributed by atoms with E-state index in [9.17, 15) is 28.1 Å². The number of nitrogens with one attached hydrogen (secondary N) is 2. The van der Waals surface area contributed by atoms with Crippen LogP contribution in [0, 0.1) is 10.1 Å². The van der Waals surface area contributed by atoms with Gasteiger partial charge in [-0.15, -0.1) is 0 Å². The third-order valence-corrected chi connectivity index (χ3v) is 5.35. The van der Waals surface area contributed by atoms with Crippen molar-refractivity contribution in [3.05, 3.63) is 63.7 Å². The lowest BCUT2D eigenvalue weighted by Gasteiger charge is -2.18. The molecule has 0 spiro atoms. The van der Waals surface area contributed by atoms with Crippen molar-refractivity contribution in [3.8, 4) is 0 Å². The first-order valence-corrected chi connectivity index (χ1v) is 10.7. The Bertz CT molecular complexity index is 1090. The number of hydrogen-bond donors (Lipinski definition) is 3. The zero-order chi connectivity index (χ0) is 23.2. The van der Waals surface area contributed by atoms with Crippen molar-refractivity contribution in [2.75, 3.05) is 26.0 Å². The Morgan fingerprint density at radius 2 is 1.81 bits per heavy atom. The quantitative estimate of drug-likeness (QED) is 0.380. The van der Waals surface area contributed by atoms with Crippen molar-refractivity contribution in [1.29, 1.82) is 0 Å². The predicted octanol–water partition coefficient (Wildman–Crippen LogP) is 1.06. The van der Waals surface area contributed by atoms with Crippen molar-refractivity contribution in [1.82, 2.24) is 10.2 Å². The Hall–Kier alpha value is -3.51. The van der Waals surface area contributed by atoms with E-state index >= 15 is 0 Å². The Labute approximate surface area is 179 Å². The molecular formula is C19H23N5O6S. The van der Waals surface area contributed by atoms with Gasteiger partial charge in [0.1, 0.15) is 5.69 Å². The lowest BCUT2D eigenvalue weighted by molar-refractivity contribution is -0.384. The number of carbonyl (C=O) groups excluding carboxylic acids is 2. The van der Waals surface area contributed by atoms with Crippen molar-refractivity contribution in [2.24, 2.45) is 5.14 Å². The first-order chi connectivity index (χ1) is 14.5. The number of rotatable bonds is 9. The fourth-order valence-electron chi connectivity index (χ4n) is 2.75. The maximum atomic E-state index is 12.4. The normalized spacial score (nSPS) is 10.9. The molecule has 166 valence electrons. The van der Waals surface area contributed by atoms with Gasteiger partial charge in [0.05, 0.1) is 9.82 Å². The van der Waals surface area contributed by atoms with Gasteiger partial charge in [-0.2, -0.15) is 0 Å². The van der Waals surface area contributed by atoms with E-state index in [1.54, 1.807) is 38.4 Å². The minimum atomic E-state index is -4.07. The number of carbonyl (C=O) groups is 2. The zero-order valence-corrected chi connectivity index (χ0v) is 17.8. The van der Waals surface area contributed by atoms with Gasteiger partial charge in [-0.1, -0.05) is 12.1 Å². The average Bonchev–Trinajstić information content (AvgIpc) is 2.72. The molecule has 2 rings (SSSR count). The Morgan fingerprint density at radius 1 is 1.16 bits per heavy atom. The summed E-state index contributed by atoms with van der Waals surface area (Å²) in [5, 5.41) is 21.5. The summed E-state index contributed by atoms with van der Waals surface area (Å²) in [6.45, 7) is 0.435. The summed E-state index contributed by atoms with van der Waals surface area (Å²) in [6, 6.07) is 10.1. The minimum Gasteiger partial charge on any atom is -0.379 e. The van der Waals surface area contributed by atoms with Crippen molar-refractivity contribution >= 4 is 33.2 Å². The van der Waals surface area contributed by atoms with Crippen LogP contribution in [-0.4, -0.2) is 50.7 Å². The van der Waals surface area contributed by atoms with E-state index in [1.807, 2.05) is 0 Å². The summed E-state index contributed by atoms with van der Waals surface area (Å²) in [7, 11) is -0.910. The molecule has 0 saturated carbocycles. The second-order valence-corrected chi connectivity index (χ2v) is 8.25. The van der Waals surface area contributed by atoms with Gasteiger partial charge < -0.3 is 15.5 Å². The van der Waals surface area contributed by atoms with Gasteiger partial charge in [-0.25, -0.2) is 13.6 Å². The summed E-state index contributed by atoms with van der Waals surface area (Å²) < 4.78 is 22.8. The predicted molar refractivity (Wildman–Crippen MR) is 114 cm³/mol. The zero-order valence-electron chi connectivity index (χ0n) is 17.0. The number of amides is 2. The summed E-state index contributed by atoms with van der Waals surface area (Å²) in [5.74, 6) is -0.403. The highest BCUT2D eigenvalue weighted by Crippen LogP contribution is 2.27. The van der Waals surface area contributed by atoms with Crippen LogP contribution in [0.3, 0.4) is 0 Å². The van der Waals surface area contributed by atoms with Crippen molar-refractivity contribution in [3.63, 3.8) is 0 Å². The van der Waals surface area contributed by atoms with Crippen molar-refractivity contribution < 1.29 is 22.9 Å². The second-order valence-electron chi connectivity index (χ2n) is 6.68. The molecule has 2 aromatic rings. The standard InChI is InChI=1S/C19H23N5O6S/c1-21-19(26)14-5-3-13(4-6-14)12-23(2)18(25)9-10-22-16-8-7-15(31(20,29)30)11-17(16)24(27)28/h3-8,11,22H,9-10,12H2,1-2H3,(H,21,26)(H2,20,29,30). The Morgan fingerprint density at radius 3 is 2.35 bits per heavy atom. The summed E-state index contributed by atoms with van der Waals surface area (Å²) in [5.41, 5.74) is 0.978. The Balaban J connectivity index is 1.95. The van der Waals surface area contributed by atoms with Crippen molar-refractivity contribution in [2.45, 2.75) is 17.9 Å². The number of hydrogen-bond acceptors (Lipinski definition) is 7. The number of primary sulfonamides is 1. The fourth-order valence-corrected chi connectivity index (χ4v) is 3.29. The lowest BCUT2D eigenvalue weighted by Crippen LogP contribution is -2.28. The molecule has 2 aromatic carbocycles. The van der Waals surface area contributed by atoms with Crippen LogP contribution in [0.15, 0.2) is 47.4 Å². The molecule has 0 unspecified atom stereocenters. The van der Waals surface area contributed by atoms with Gasteiger partial charge in [0.2, 0.25) is 15.9 Å². The lowest BCUT2D eigenvalue weighted by atomic mass is 10.1. The summed E-state index contributed by atoms with van der Waals surface area (Å²) in [6.07, 6.45) is 0.0565. The van der Waals surface area contributed by atoms with Crippen LogP contribution in [-0.2, 0) is 21.4 Å². The molecule has 0 saturated heterocycles. The Kier molecular flexibility index (Phi) is 7.67. The molecule has 0 bridgehead atoms. The van der Waals surface area contributed by atoms with E-state index in [4.69, 9.17) is 5.14 Å². The van der Waals surface area contributed by atoms with Gasteiger partial charge in [0, 0.05) is 45.2 Å². The van der Waals surface area contributed by atoms with Crippen LogP contribution in [0.25, 0.3) is 0 Å². The first-order valence-electron chi connectivity index (χ1n) is 9.13. The number of nitrogens with zero attached hydrogens (tertiary/aromatic N) is 2. The molecule has 12 heteroatoms. The molecular weight excluding hydrogens is 426 g/mol. The second kappa shape index (κ2) is 10.00. The van der Waals surface area contributed by atoms with E-state index in [1.165, 1.54) is 11.0 Å².